The van der Waals surface area contributed by atoms with E-state index in [2.05, 4.69) is 50.6 Å². The highest BCUT2D eigenvalue weighted by Crippen LogP contribution is 2.65. The monoisotopic (exact) mass is 569 g/mol. The third kappa shape index (κ3) is 7.26. The van der Waals surface area contributed by atoms with Crippen molar-refractivity contribution in [3.05, 3.63) is 35.9 Å². The van der Waals surface area contributed by atoms with E-state index in [1.54, 1.807) is 20.8 Å². The number of amides is 3. The van der Waals surface area contributed by atoms with Crippen LogP contribution < -0.4 is 16.0 Å². The van der Waals surface area contributed by atoms with Crippen molar-refractivity contribution in [2.75, 3.05) is 6.54 Å². The Labute approximate surface area is 245 Å². The van der Waals surface area contributed by atoms with E-state index in [1.807, 2.05) is 30.3 Å². The molecule has 5 rings (SSSR count). The van der Waals surface area contributed by atoms with Crippen molar-refractivity contribution in [3.63, 3.8) is 0 Å². The maximum Gasteiger partial charge on any atom is 0.481 e. The zero-order valence-corrected chi connectivity index (χ0v) is 25.9. The number of hydrogen-bond acceptors (Lipinski definition) is 6. The van der Waals surface area contributed by atoms with Crippen molar-refractivity contribution in [1.29, 1.82) is 0 Å². The summed E-state index contributed by atoms with van der Waals surface area (Å²) >= 11 is 0. The summed E-state index contributed by atoms with van der Waals surface area (Å²) in [4.78, 5) is 38.8. The van der Waals surface area contributed by atoms with Crippen LogP contribution >= 0.6 is 0 Å². The highest BCUT2D eigenvalue weighted by atomic mass is 16.7. The van der Waals surface area contributed by atoms with Crippen LogP contribution in [0.5, 0.6) is 0 Å². The third-order valence-electron chi connectivity index (χ3n) is 9.08. The van der Waals surface area contributed by atoms with Gasteiger partial charge in [-0.05, 0) is 75.7 Å². The maximum absolute atomic E-state index is 13.2. The Morgan fingerprint density at radius 3 is 2.37 bits per heavy atom. The Morgan fingerprint density at radius 2 is 1.76 bits per heavy atom. The first-order chi connectivity index (χ1) is 19.1. The minimum atomic E-state index is -0.911. The molecule has 3 aliphatic carbocycles. The zero-order valence-electron chi connectivity index (χ0n) is 25.9. The van der Waals surface area contributed by atoms with Gasteiger partial charge in [0.15, 0.2) is 0 Å². The quantitative estimate of drug-likeness (QED) is 0.367. The van der Waals surface area contributed by atoms with Gasteiger partial charge in [0.2, 0.25) is 11.8 Å². The predicted molar refractivity (Wildman–Crippen MR) is 158 cm³/mol. The fraction of sp³-hybridized carbons (Fsp3) is 0.710. The summed E-state index contributed by atoms with van der Waals surface area (Å²) in [5.41, 5.74) is 0.0263. The van der Waals surface area contributed by atoms with E-state index in [4.69, 9.17) is 14.0 Å². The zero-order chi connectivity index (χ0) is 30.2. The second kappa shape index (κ2) is 12.0. The van der Waals surface area contributed by atoms with Crippen LogP contribution in [0.1, 0.15) is 80.2 Å². The predicted octanol–water partition coefficient (Wildman–Crippen LogP) is 4.04. The number of ether oxygens (including phenoxy) is 1. The molecule has 6 atom stereocenters. The van der Waals surface area contributed by atoms with Gasteiger partial charge < -0.3 is 30.0 Å². The summed E-state index contributed by atoms with van der Waals surface area (Å²) in [6.07, 6.45) is 2.40. The maximum atomic E-state index is 13.2. The Balaban J connectivity index is 1.37. The van der Waals surface area contributed by atoms with Crippen LogP contribution in [-0.4, -0.2) is 60.9 Å². The molecule has 2 bridgehead atoms. The molecule has 3 amide bonds. The van der Waals surface area contributed by atoms with Gasteiger partial charge in [0, 0.05) is 6.42 Å². The molecule has 9 nitrogen and oxygen atoms in total. The molecule has 3 N–H and O–H groups in total. The Bertz CT molecular complexity index is 1110. The normalized spacial score (nSPS) is 27.7. The number of carbonyl (C=O) groups is 3. The fourth-order valence-electron chi connectivity index (χ4n) is 6.87. The van der Waals surface area contributed by atoms with Gasteiger partial charge in [-0.2, -0.15) is 0 Å². The molecule has 6 unspecified atom stereocenters. The third-order valence-corrected chi connectivity index (χ3v) is 9.08. The topological polar surface area (TPSA) is 115 Å². The van der Waals surface area contributed by atoms with Gasteiger partial charge in [-0.25, -0.2) is 4.79 Å². The highest BCUT2D eigenvalue weighted by Gasteiger charge is 2.68. The van der Waals surface area contributed by atoms with Crippen LogP contribution in [0, 0.1) is 23.2 Å². The molecule has 4 aliphatic rings. The Kier molecular flexibility index (Phi) is 9.14. The molecule has 226 valence electrons. The Morgan fingerprint density at radius 1 is 1.07 bits per heavy atom. The van der Waals surface area contributed by atoms with Crippen molar-refractivity contribution in [1.82, 2.24) is 16.0 Å². The number of nitrogens with one attached hydrogen (secondary N) is 3. The summed E-state index contributed by atoms with van der Waals surface area (Å²) in [5.74, 6) is 0.218. The smallest absolute Gasteiger partial charge is 0.444 e. The van der Waals surface area contributed by atoms with E-state index in [-0.39, 0.29) is 41.9 Å². The van der Waals surface area contributed by atoms with E-state index in [0.29, 0.717) is 24.2 Å². The molecule has 0 spiro atoms. The lowest BCUT2D eigenvalue weighted by molar-refractivity contribution is -0.199. The van der Waals surface area contributed by atoms with Crippen molar-refractivity contribution in [3.8, 4) is 0 Å². The van der Waals surface area contributed by atoms with Crippen LogP contribution in [0.3, 0.4) is 0 Å². The first-order valence-corrected chi connectivity index (χ1v) is 15.0. The summed E-state index contributed by atoms with van der Waals surface area (Å²) in [7, 11) is -0.540. The molecule has 1 aliphatic heterocycles. The summed E-state index contributed by atoms with van der Waals surface area (Å²) in [5, 5.41) is 8.43. The van der Waals surface area contributed by atoms with Crippen LogP contribution in [0.15, 0.2) is 30.3 Å². The molecule has 1 saturated heterocycles. The summed E-state index contributed by atoms with van der Waals surface area (Å²) < 4.78 is 18.4. The molecule has 3 saturated carbocycles. The number of hydrogen-bond donors (Lipinski definition) is 3. The molecular weight excluding hydrogens is 521 g/mol. The number of carbonyl (C=O) groups excluding carboxylic acids is 3. The second-order valence-electron chi connectivity index (χ2n) is 14.2. The van der Waals surface area contributed by atoms with Crippen LogP contribution in [0.25, 0.3) is 0 Å². The number of alkyl carbamates (subject to hydrolysis) is 1. The van der Waals surface area contributed by atoms with E-state index < -0.39 is 30.8 Å². The van der Waals surface area contributed by atoms with Crippen LogP contribution in [0.4, 0.5) is 4.79 Å². The van der Waals surface area contributed by atoms with Crippen molar-refractivity contribution in [2.24, 2.45) is 23.2 Å². The molecule has 10 heteroatoms. The molecular formula is C31H48BN3O6. The number of rotatable bonds is 10. The minimum Gasteiger partial charge on any atom is -0.444 e. The van der Waals surface area contributed by atoms with Gasteiger partial charge in [-0.15, -0.1) is 0 Å². The lowest BCUT2D eigenvalue weighted by atomic mass is 9.43. The summed E-state index contributed by atoms with van der Waals surface area (Å²) in [6, 6.07) is 8.47. The second-order valence-corrected chi connectivity index (χ2v) is 14.2. The first kappa shape index (κ1) is 31.4. The highest BCUT2D eigenvalue weighted by molar-refractivity contribution is 6.47. The van der Waals surface area contributed by atoms with Gasteiger partial charge in [-0.1, -0.05) is 58.0 Å². The number of benzene rings is 1. The molecule has 0 aromatic heterocycles. The SMILES string of the molecule is CC(C)CC(NC(=O)CNC(=O)C(Cc1ccccc1)NC(=O)OC(C)(C)C)B1OC2CC3CC(C3(C)C)C2(C)O1. The van der Waals surface area contributed by atoms with Gasteiger partial charge in [0.05, 0.1) is 24.2 Å². The standard InChI is InChI=1S/C31H48BN3O6/c1-19(2)14-25(32-40-24-17-21-16-23(30(21,6)7)31(24,8)41-32)35-26(36)18-33-27(37)22(15-20-12-10-9-11-13-20)34-28(38)39-29(3,4)5/h9-13,19,21-25H,14-18H2,1-8H3,(H,33,37)(H,34,38)(H,35,36). The van der Waals surface area contributed by atoms with Crippen LogP contribution in [-0.2, 0) is 30.1 Å². The molecule has 0 radical (unpaired) electrons. The average molecular weight is 570 g/mol. The average Bonchev–Trinajstić information content (AvgIpc) is 3.23. The lowest BCUT2D eigenvalue weighted by Gasteiger charge is -2.64. The Hall–Kier alpha value is -2.59. The van der Waals surface area contributed by atoms with Crippen molar-refractivity contribution >= 4 is 25.0 Å². The van der Waals surface area contributed by atoms with E-state index in [1.165, 1.54) is 0 Å². The molecule has 1 heterocycles. The van der Waals surface area contributed by atoms with Gasteiger partial charge in [-0.3, -0.25) is 9.59 Å². The van der Waals surface area contributed by atoms with Gasteiger partial charge >= 0.3 is 13.2 Å². The van der Waals surface area contributed by atoms with Gasteiger partial charge in [0.1, 0.15) is 11.6 Å². The molecule has 1 aromatic carbocycles. The molecule has 1 aromatic rings. The van der Waals surface area contributed by atoms with E-state index >= 15 is 0 Å². The van der Waals surface area contributed by atoms with Gasteiger partial charge in [0.25, 0.3) is 0 Å². The minimum absolute atomic E-state index is 0.0215. The van der Waals surface area contributed by atoms with Crippen LogP contribution in [0.2, 0.25) is 0 Å². The largest absolute Gasteiger partial charge is 0.481 e. The first-order valence-electron chi connectivity index (χ1n) is 15.0. The van der Waals surface area contributed by atoms with E-state index in [0.717, 1.165) is 18.4 Å². The molecule has 41 heavy (non-hydrogen) atoms. The van der Waals surface area contributed by atoms with Crippen molar-refractivity contribution < 1.29 is 28.4 Å². The fourth-order valence-corrected chi connectivity index (χ4v) is 6.87. The summed E-state index contributed by atoms with van der Waals surface area (Å²) in [6.45, 7) is 16.0. The van der Waals surface area contributed by atoms with Crippen molar-refractivity contribution in [2.45, 2.75) is 110 Å². The molecule has 4 fully saturated rings. The van der Waals surface area contributed by atoms with E-state index in [9.17, 15) is 14.4 Å². The lowest BCUT2D eigenvalue weighted by Crippen LogP contribution is -2.65.